The summed E-state index contributed by atoms with van der Waals surface area (Å²) in [5, 5.41) is 3.53. The van der Waals surface area contributed by atoms with Crippen molar-refractivity contribution in [3.63, 3.8) is 0 Å². The highest BCUT2D eigenvalue weighted by Gasteiger charge is 2.32. The van der Waals surface area contributed by atoms with Crippen LogP contribution in [0.3, 0.4) is 0 Å². The number of nitrogens with one attached hydrogen (secondary N) is 1. The van der Waals surface area contributed by atoms with Gasteiger partial charge in [0.2, 0.25) is 0 Å². The van der Waals surface area contributed by atoms with E-state index < -0.39 is 0 Å². The molecule has 0 saturated carbocycles. The minimum absolute atomic E-state index is 0.296. The fraction of sp³-hybridized carbons (Fsp3) is 0.647. The summed E-state index contributed by atoms with van der Waals surface area (Å²) in [5.74, 6) is 0.687. The van der Waals surface area contributed by atoms with Gasteiger partial charge in [-0.2, -0.15) is 0 Å². The van der Waals surface area contributed by atoms with Gasteiger partial charge in [0.25, 0.3) is 0 Å². The van der Waals surface area contributed by atoms with Crippen LogP contribution in [0.25, 0.3) is 0 Å². The van der Waals surface area contributed by atoms with E-state index in [1.54, 1.807) is 0 Å². The van der Waals surface area contributed by atoms with E-state index in [1.165, 1.54) is 43.9 Å². The van der Waals surface area contributed by atoms with Crippen LogP contribution < -0.4 is 5.32 Å². The minimum Gasteiger partial charge on any atom is -0.385 e. The Bertz CT molecular complexity index is 469. The van der Waals surface area contributed by atoms with Gasteiger partial charge < -0.3 is 5.32 Å². The highest BCUT2D eigenvalue weighted by Crippen LogP contribution is 2.32. The second-order valence-corrected chi connectivity index (χ2v) is 6.97. The largest absolute Gasteiger partial charge is 0.385 e. The van der Waals surface area contributed by atoms with Crippen molar-refractivity contribution in [2.75, 3.05) is 45.1 Å². The van der Waals surface area contributed by atoms with E-state index in [0.717, 1.165) is 6.54 Å². The van der Waals surface area contributed by atoms with Crippen molar-refractivity contribution in [2.45, 2.75) is 31.7 Å². The summed E-state index contributed by atoms with van der Waals surface area (Å²) in [6.45, 7) is 10.6. The first kappa shape index (κ1) is 13.9. The van der Waals surface area contributed by atoms with Crippen LogP contribution in [0.1, 0.15) is 31.7 Å². The third-order valence-corrected chi connectivity index (χ3v) is 5.08. The van der Waals surface area contributed by atoms with Gasteiger partial charge in [-0.05, 0) is 38.9 Å². The standard InChI is InChI=1S/C17H27N3/c1-17(2)13-20(11-10-19(17)3)12-14-8-9-18-16-7-5-4-6-15(14)16/h4-7,14,18H,8-13H2,1-3H3. The molecule has 0 bridgehead atoms. The average molecular weight is 273 g/mol. The monoisotopic (exact) mass is 273 g/mol. The summed E-state index contributed by atoms with van der Waals surface area (Å²) in [7, 11) is 2.25. The van der Waals surface area contributed by atoms with Crippen LogP contribution in [0.5, 0.6) is 0 Å². The van der Waals surface area contributed by atoms with E-state index in [1.807, 2.05) is 0 Å². The highest BCUT2D eigenvalue weighted by molar-refractivity contribution is 5.54. The van der Waals surface area contributed by atoms with Crippen LogP contribution in [0.4, 0.5) is 5.69 Å². The van der Waals surface area contributed by atoms with Crippen LogP contribution in [0, 0.1) is 0 Å². The first-order valence-corrected chi connectivity index (χ1v) is 7.83. The van der Waals surface area contributed by atoms with Crippen molar-refractivity contribution in [2.24, 2.45) is 0 Å². The van der Waals surface area contributed by atoms with Crippen molar-refractivity contribution in [1.29, 1.82) is 0 Å². The molecule has 2 aliphatic heterocycles. The molecule has 0 aromatic heterocycles. The fourth-order valence-corrected chi connectivity index (χ4v) is 3.55. The zero-order valence-electron chi connectivity index (χ0n) is 13.0. The highest BCUT2D eigenvalue weighted by atomic mass is 15.3. The molecule has 20 heavy (non-hydrogen) atoms. The Morgan fingerprint density at radius 1 is 1.25 bits per heavy atom. The number of hydrogen-bond donors (Lipinski definition) is 1. The van der Waals surface area contributed by atoms with Crippen molar-refractivity contribution in [3.05, 3.63) is 29.8 Å². The number of rotatable bonds is 2. The smallest absolute Gasteiger partial charge is 0.0376 e. The summed E-state index contributed by atoms with van der Waals surface area (Å²) in [6.07, 6.45) is 1.25. The lowest BCUT2D eigenvalue weighted by molar-refractivity contribution is 0.0365. The molecule has 3 rings (SSSR count). The first-order valence-electron chi connectivity index (χ1n) is 7.83. The molecule has 1 saturated heterocycles. The summed E-state index contributed by atoms with van der Waals surface area (Å²) < 4.78 is 0. The SMILES string of the molecule is CN1CCN(CC2CCNc3ccccc32)CC1(C)C. The van der Waals surface area contributed by atoms with Gasteiger partial charge in [0.05, 0.1) is 0 Å². The number of fused-ring (bicyclic) bond motifs is 1. The second-order valence-electron chi connectivity index (χ2n) is 6.97. The van der Waals surface area contributed by atoms with Crippen LogP contribution in [0.2, 0.25) is 0 Å². The molecule has 2 aliphatic rings. The Balaban J connectivity index is 1.70. The topological polar surface area (TPSA) is 18.5 Å². The van der Waals surface area contributed by atoms with Crippen molar-refractivity contribution >= 4 is 5.69 Å². The van der Waals surface area contributed by atoms with Crippen LogP contribution in [-0.4, -0.2) is 55.1 Å². The molecule has 1 unspecified atom stereocenters. The molecule has 110 valence electrons. The predicted molar refractivity (Wildman–Crippen MR) is 85.4 cm³/mol. The minimum atomic E-state index is 0.296. The van der Waals surface area contributed by atoms with Gasteiger partial charge in [-0.15, -0.1) is 0 Å². The van der Waals surface area contributed by atoms with Gasteiger partial charge in [0, 0.05) is 49.9 Å². The summed E-state index contributed by atoms with van der Waals surface area (Å²) in [6, 6.07) is 8.82. The van der Waals surface area contributed by atoms with Crippen molar-refractivity contribution in [1.82, 2.24) is 9.80 Å². The summed E-state index contributed by atoms with van der Waals surface area (Å²) in [5.41, 5.74) is 3.15. The molecule has 1 N–H and O–H groups in total. The van der Waals surface area contributed by atoms with Gasteiger partial charge in [0.15, 0.2) is 0 Å². The van der Waals surface area contributed by atoms with E-state index >= 15 is 0 Å². The number of hydrogen-bond acceptors (Lipinski definition) is 3. The van der Waals surface area contributed by atoms with Crippen molar-refractivity contribution in [3.8, 4) is 0 Å². The van der Waals surface area contributed by atoms with Gasteiger partial charge >= 0.3 is 0 Å². The second kappa shape index (κ2) is 5.38. The molecule has 1 fully saturated rings. The lowest BCUT2D eigenvalue weighted by Crippen LogP contribution is -2.58. The maximum absolute atomic E-state index is 3.53. The Morgan fingerprint density at radius 2 is 2.05 bits per heavy atom. The molecule has 0 spiro atoms. The molecular weight excluding hydrogens is 246 g/mol. The molecule has 1 aromatic rings. The van der Waals surface area contributed by atoms with Crippen LogP contribution in [0.15, 0.2) is 24.3 Å². The van der Waals surface area contributed by atoms with E-state index in [-0.39, 0.29) is 0 Å². The number of piperazine rings is 1. The van der Waals surface area contributed by atoms with Gasteiger partial charge in [-0.3, -0.25) is 9.80 Å². The van der Waals surface area contributed by atoms with E-state index in [9.17, 15) is 0 Å². The van der Waals surface area contributed by atoms with E-state index in [0.29, 0.717) is 11.5 Å². The zero-order chi connectivity index (χ0) is 14.2. The molecule has 2 heterocycles. The molecule has 1 aromatic carbocycles. The number of nitrogens with zero attached hydrogens (tertiary/aromatic N) is 2. The molecular formula is C17H27N3. The maximum Gasteiger partial charge on any atom is 0.0376 e. The number of anilines is 1. The lowest BCUT2D eigenvalue weighted by atomic mass is 9.89. The average Bonchev–Trinajstić information content (AvgIpc) is 2.43. The zero-order valence-corrected chi connectivity index (χ0v) is 13.0. The van der Waals surface area contributed by atoms with Crippen molar-refractivity contribution < 1.29 is 0 Å². The third-order valence-electron chi connectivity index (χ3n) is 5.08. The fourth-order valence-electron chi connectivity index (χ4n) is 3.55. The van der Waals surface area contributed by atoms with Gasteiger partial charge in [-0.25, -0.2) is 0 Å². The number of likely N-dealkylation sites (N-methyl/N-ethyl adjacent to an activating group) is 1. The molecule has 3 nitrogen and oxygen atoms in total. The molecule has 0 radical (unpaired) electrons. The van der Waals surface area contributed by atoms with Crippen LogP contribution >= 0.6 is 0 Å². The van der Waals surface area contributed by atoms with Gasteiger partial charge in [-0.1, -0.05) is 18.2 Å². The summed E-state index contributed by atoms with van der Waals surface area (Å²) >= 11 is 0. The Morgan fingerprint density at radius 3 is 2.85 bits per heavy atom. The quantitative estimate of drug-likeness (QED) is 0.893. The summed E-state index contributed by atoms with van der Waals surface area (Å²) in [4.78, 5) is 5.15. The van der Waals surface area contributed by atoms with E-state index in [2.05, 4.69) is 60.3 Å². The Kier molecular flexibility index (Phi) is 3.74. The molecule has 0 amide bonds. The normalized spacial score (nSPS) is 26.9. The van der Waals surface area contributed by atoms with E-state index in [4.69, 9.17) is 0 Å². The first-order chi connectivity index (χ1) is 9.56. The number of benzene rings is 1. The van der Waals surface area contributed by atoms with Gasteiger partial charge in [0.1, 0.15) is 0 Å². The molecule has 0 aliphatic carbocycles. The molecule has 1 atom stereocenters. The predicted octanol–water partition coefficient (Wildman–Crippen LogP) is 2.61. The molecule has 3 heteroatoms. The Hall–Kier alpha value is -1.06. The third kappa shape index (κ3) is 2.70. The number of para-hydroxylation sites is 1. The van der Waals surface area contributed by atoms with Crippen LogP contribution in [-0.2, 0) is 0 Å². The lowest BCUT2D eigenvalue weighted by Gasteiger charge is -2.46. The maximum atomic E-state index is 3.53. The Labute approximate surface area is 123 Å².